The SMILES string of the molecule is CCC1(C)C=C2C(=O)C(C)(C)C(=O)C(C)(C)[C@]2(O)OO1. The van der Waals surface area contributed by atoms with Crippen molar-refractivity contribution in [3.8, 4) is 0 Å². The molecule has 2 aliphatic rings. The summed E-state index contributed by atoms with van der Waals surface area (Å²) in [5, 5.41) is 10.8. The lowest BCUT2D eigenvalue weighted by Crippen LogP contribution is -2.66. The number of carbonyl (C=O) groups excluding carboxylic acids is 2. The average Bonchev–Trinajstić information content (AvgIpc) is 2.38. The highest BCUT2D eigenvalue weighted by Gasteiger charge is 2.67. The molecule has 0 aromatic carbocycles. The van der Waals surface area contributed by atoms with Gasteiger partial charge in [0.1, 0.15) is 5.60 Å². The summed E-state index contributed by atoms with van der Waals surface area (Å²) in [6.45, 7) is 9.95. The fourth-order valence-corrected chi connectivity index (χ4v) is 2.82. The highest BCUT2D eigenvalue weighted by molar-refractivity contribution is 6.19. The molecule has 1 saturated carbocycles. The van der Waals surface area contributed by atoms with Gasteiger partial charge in [0.15, 0.2) is 11.6 Å². The molecule has 5 heteroatoms. The van der Waals surface area contributed by atoms with Crippen LogP contribution in [0.15, 0.2) is 11.6 Å². The minimum atomic E-state index is -2.04. The van der Waals surface area contributed by atoms with Gasteiger partial charge >= 0.3 is 0 Å². The minimum Gasteiger partial charge on any atom is -0.359 e. The Morgan fingerprint density at radius 2 is 1.65 bits per heavy atom. The number of Topliss-reactive ketones (excluding diaryl/α,β-unsaturated/α-hetero) is 2. The Balaban J connectivity index is 2.69. The molecule has 0 spiro atoms. The molecular weight excluding hydrogens is 260 g/mol. The molecule has 1 aliphatic heterocycles. The van der Waals surface area contributed by atoms with E-state index in [2.05, 4.69) is 0 Å². The van der Waals surface area contributed by atoms with E-state index in [4.69, 9.17) is 9.78 Å². The van der Waals surface area contributed by atoms with E-state index in [1.807, 2.05) is 6.92 Å². The second-order valence-electron chi connectivity index (χ2n) is 6.94. The third kappa shape index (κ3) is 1.66. The predicted octanol–water partition coefficient (Wildman–Crippen LogP) is 1.94. The van der Waals surface area contributed by atoms with Crippen LogP contribution in [0.2, 0.25) is 0 Å². The molecule has 0 aromatic heterocycles. The second kappa shape index (κ2) is 4.00. The van der Waals surface area contributed by atoms with E-state index in [-0.39, 0.29) is 11.4 Å². The number of hydrogen-bond donors (Lipinski definition) is 1. The number of hydrogen-bond acceptors (Lipinski definition) is 5. The maximum absolute atomic E-state index is 12.6. The van der Waals surface area contributed by atoms with E-state index in [1.54, 1.807) is 40.7 Å². The topological polar surface area (TPSA) is 72.8 Å². The Bertz CT molecular complexity index is 516. The molecule has 1 N–H and O–H groups in total. The highest BCUT2D eigenvalue weighted by atomic mass is 17.2. The number of aliphatic hydroxyl groups is 1. The molecule has 0 saturated heterocycles. The Hall–Kier alpha value is -1.04. The van der Waals surface area contributed by atoms with E-state index >= 15 is 0 Å². The molecule has 112 valence electrons. The Morgan fingerprint density at radius 1 is 1.10 bits per heavy atom. The van der Waals surface area contributed by atoms with Crippen LogP contribution in [0.1, 0.15) is 48.0 Å². The van der Waals surface area contributed by atoms with Crippen LogP contribution in [0.3, 0.4) is 0 Å². The van der Waals surface area contributed by atoms with Crippen LogP contribution in [0, 0.1) is 10.8 Å². The van der Waals surface area contributed by atoms with Gasteiger partial charge in [-0.2, -0.15) is 4.89 Å². The molecule has 1 unspecified atom stereocenters. The summed E-state index contributed by atoms with van der Waals surface area (Å²) in [6, 6.07) is 0. The molecular formula is C15H22O5. The Labute approximate surface area is 118 Å². The van der Waals surface area contributed by atoms with Crippen molar-refractivity contribution in [1.82, 2.24) is 0 Å². The summed E-state index contributed by atoms with van der Waals surface area (Å²) in [6.07, 6.45) is 2.17. The summed E-state index contributed by atoms with van der Waals surface area (Å²) < 4.78 is 0. The monoisotopic (exact) mass is 282 g/mol. The lowest BCUT2D eigenvalue weighted by atomic mass is 9.57. The van der Waals surface area contributed by atoms with Gasteiger partial charge in [-0.15, -0.1) is 0 Å². The van der Waals surface area contributed by atoms with Crippen molar-refractivity contribution < 1.29 is 24.5 Å². The van der Waals surface area contributed by atoms with Crippen LogP contribution >= 0.6 is 0 Å². The van der Waals surface area contributed by atoms with Gasteiger partial charge < -0.3 is 5.11 Å². The summed E-state index contributed by atoms with van der Waals surface area (Å²) in [7, 11) is 0. The number of fused-ring (bicyclic) bond motifs is 1. The molecule has 0 radical (unpaired) electrons. The van der Waals surface area contributed by atoms with E-state index < -0.39 is 28.0 Å². The zero-order valence-corrected chi connectivity index (χ0v) is 12.9. The lowest BCUT2D eigenvalue weighted by molar-refractivity contribution is -0.464. The fourth-order valence-electron chi connectivity index (χ4n) is 2.82. The maximum atomic E-state index is 12.6. The minimum absolute atomic E-state index is 0.114. The predicted molar refractivity (Wildman–Crippen MR) is 71.5 cm³/mol. The van der Waals surface area contributed by atoms with Crippen molar-refractivity contribution in [3.63, 3.8) is 0 Å². The largest absolute Gasteiger partial charge is 0.359 e. The van der Waals surface area contributed by atoms with Crippen LogP contribution in [0.4, 0.5) is 0 Å². The molecule has 1 aliphatic carbocycles. The molecule has 5 nitrogen and oxygen atoms in total. The zero-order chi connectivity index (χ0) is 15.6. The summed E-state index contributed by atoms with van der Waals surface area (Å²) in [5.74, 6) is -2.81. The van der Waals surface area contributed by atoms with Crippen molar-refractivity contribution >= 4 is 11.6 Å². The van der Waals surface area contributed by atoms with Crippen LogP contribution in [0.5, 0.6) is 0 Å². The fraction of sp³-hybridized carbons (Fsp3) is 0.733. The molecule has 1 heterocycles. The van der Waals surface area contributed by atoms with Gasteiger partial charge in [0, 0.05) is 0 Å². The standard InChI is InChI=1S/C15H22O5/c1-7-14(6)8-9-10(16)12(2,3)11(17)13(4,5)15(9,18)20-19-14/h8,18H,7H2,1-6H3/t14?,15-/m1/s1. The van der Waals surface area contributed by atoms with Crippen molar-refractivity contribution in [2.24, 2.45) is 10.8 Å². The number of carbonyl (C=O) groups is 2. The molecule has 2 rings (SSSR count). The first kappa shape index (κ1) is 15.4. The summed E-state index contributed by atoms with van der Waals surface area (Å²) >= 11 is 0. The second-order valence-corrected chi connectivity index (χ2v) is 6.94. The van der Waals surface area contributed by atoms with E-state index in [0.29, 0.717) is 6.42 Å². The maximum Gasteiger partial charge on any atom is 0.240 e. The van der Waals surface area contributed by atoms with E-state index in [1.165, 1.54) is 0 Å². The molecule has 2 atom stereocenters. The van der Waals surface area contributed by atoms with Gasteiger partial charge in [-0.05, 0) is 47.1 Å². The number of ketones is 2. The van der Waals surface area contributed by atoms with Crippen molar-refractivity contribution in [1.29, 1.82) is 0 Å². The number of rotatable bonds is 1. The molecule has 1 fully saturated rings. The van der Waals surface area contributed by atoms with Crippen LogP contribution in [0.25, 0.3) is 0 Å². The van der Waals surface area contributed by atoms with Crippen LogP contribution < -0.4 is 0 Å². The lowest BCUT2D eigenvalue weighted by Gasteiger charge is -2.52. The van der Waals surface area contributed by atoms with Crippen LogP contribution in [-0.4, -0.2) is 28.1 Å². The zero-order valence-electron chi connectivity index (χ0n) is 12.9. The average molecular weight is 282 g/mol. The quantitative estimate of drug-likeness (QED) is 0.587. The first-order valence-electron chi connectivity index (χ1n) is 6.84. The van der Waals surface area contributed by atoms with Gasteiger partial charge in [0.25, 0.3) is 0 Å². The third-order valence-corrected chi connectivity index (χ3v) is 4.66. The normalized spacial score (nSPS) is 39.2. The summed E-state index contributed by atoms with van der Waals surface area (Å²) in [5.41, 5.74) is -3.13. The smallest absolute Gasteiger partial charge is 0.240 e. The van der Waals surface area contributed by atoms with Crippen molar-refractivity contribution in [3.05, 3.63) is 11.6 Å². The highest BCUT2D eigenvalue weighted by Crippen LogP contribution is 2.53. The van der Waals surface area contributed by atoms with Gasteiger partial charge in [-0.3, -0.25) is 9.59 Å². The van der Waals surface area contributed by atoms with Crippen molar-refractivity contribution in [2.45, 2.75) is 59.4 Å². The molecule has 0 aromatic rings. The molecule has 0 amide bonds. The van der Waals surface area contributed by atoms with Gasteiger partial charge in [-0.25, -0.2) is 4.89 Å². The third-order valence-electron chi connectivity index (χ3n) is 4.66. The van der Waals surface area contributed by atoms with Gasteiger partial charge in [-0.1, -0.05) is 6.92 Å². The van der Waals surface area contributed by atoms with Crippen molar-refractivity contribution in [2.75, 3.05) is 0 Å². The Kier molecular flexibility index (Phi) is 3.07. The summed E-state index contributed by atoms with van der Waals surface area (Å²) in [4.78, 5) is 35.6. The van der Waals surface area contributed by atoms with Gasteiger partial charge in [0.2, 0.25) is 5.79 Å². The first-order chi connectivity index (χ1) is 8.92. The van der Waals surface area contributed by atoms with E-state index in [9.17, 15) is 14.7 Å². The Morgan fingerprint density at radius 3 is 2.15 bits per heavy atom. The first-order valence-corrected chi connectivity index (χ1v) is 6.84. The molecule has 0 bridgehead atoms. The molecule has 20 heavy (non-hydrogen) atoms. The van der Waals surface area contributed by atoms with Crippen LogP contribution in [-0.2, 0) is 19.4 Å². The van der Waals surface area contributed by atoms with E-state index in [0.717, 1.165) is 0 Å². The van der Waals surface area contributed by atoms with Gasteiger partial charge in [0.05, 0.1) is 16.4 Å².